The molecule has 2 heteroatoms. The van der Waals surface area contributed by atoms with Crippen LogP contribution in [0.15, 0.2) is 79.6 Å². The first-order valence-corrected chi connectivity index (χ1v) is 6.67. The molecule has 0 atom stereocenters. The van der Waals surface area contributed by atoms with Crippen molar-refractivity contribution in [2.24, 2.45) is 0 Å². The molecule has 0 saturated carbocycles. The van der Waals surface area contributed by atoms with Gasteiger partial charge in [-0.2, -0.15) is 5.10 Å². The van der Waals surface area contributed by atoms with E-state index in [-0.39, 0.29) is 0 Å². The predicted molar refractivity (Wildman–Crippen MR) is 82.9 cm³/mol. The summed E-state index contributed by atoms with van der Waals surface area (Å²) in [5.74, 6) is 0. The van der Waals surface area contributed by atoms with E-state index in [2.05, 4.69) is 54.3 Å². The molecule has 0 radical (unpaired) electrons. The lowest BCUT2D eigenvalue weighted by molar-refractivity contribution is 0.879. The van der Waals surface area contributed by atoms with Gasteiger partial charge in [-0.25, -0.2) is 4.68 Å². The zero-order chi connectivity index (χ0) is 13.8. The minimum atomic E-state index is 0.897. The Balaban J connectivity index is 1.88. The molecule has 0 N–H and O–H groups in total. The summed E-state index contributed by atoms with van der Waals surface area (Å²) in [5, 5.41) is 4.43. The van der Waals surface area contributed by atoms with Gasteiger partial charge in [-0.1, -0.05) is 48.5 Å². The van der Waals surface area contributed by atoms with Crippen molar-refractivity contribution in [1.29, 1.82) is 0 Å². The molecule has 3 rings (SSSR count). The zero-order valence-corrected chi connectivity index (χ0v) is 11.2. The summed E-state index contributed by atoms with van der Waals surface area (Å²) < 4.78 is 1.90. The van der Waals surface area contributed by atoms with E-state index < -0.39 is 0 Å². The highest BCUT2D eigenvalue weighted by Gasteiger charge is 2.02. The van der Waals surface area contributed by atoms with Gasteiger partial charge in [0, 0.05) is 11.8 Å². The molecule has 0 bridgehead atoms. The third kappa shape index (κ3) is 2.54. The van der Waals surface area contributed by atoms with Crippen LogP contribution in [0.25, 0.3) is 16.8 Å². The first-order chi connectivity index (χ1) is 9.86. The van der Waals surface area contributed by atoms with Crippen molar-refractivity contribution < 1.29 is 0 Å². The molecule has 3 aromatic rings. The summed E-state index contributed by atoms with van der Waals surface area (Å²) in [4.78, 5) is 0. The molecular formula is C18H16N2. The fourth-order valence-electron chi connectivity index (χ4n) is 2.20. The lowest BCUT2D eigenvalue weighted by atomic mass is 10.1. The third-order valence-electron chi connectivity index (χ3n) is 3.27. The molecule has 1 heterocycles. The molecule has 0 aliphatic carbocycles. The minimum Gasteiger partial charge on any atom is -0.240 e. The molecule has 2 nitrogen and oxygen atoms in total. The van der Waals surface area contributed by atoms with Gasteiger partial charge in [0.2, 0.25) is 0 Å². The van der Waals surface area contributed by atoms with Crippen LogP contribution in [0, 0.1) is 0 Å². The molecule has 0 fully saturated rings. The number of benzene rings is 2. The highest BCUT2D eigenvalue weighted by Crippen LogP contribution is 2.19. The van der Waals surface area contributed by atoms with Crippen LogP contribution in [0.3, 0.4) is 0 Å². The first kappa shape index (κ1) is 12.4. The lowest BCUT2D eigenvalue weighted by Gasteiger charge is -2.02. The summed E-state index contributed by atoms with van der Waals surface area (Å²) in [7, 11) is 0. The molecule has 0 spiro atoms. The van der Waals surface area contributed by atoms with Crippen LogP contribution < -0.4 is 0 Å². The van der Waals surface area contributed by atoms with Crippen LogP contribution in [-0.4, -0.2) is 9.78 Å². The summed E-state index contributed by atoms with van der Waals surface area (Å²) >= 11 is 0. The average molecular weight is 260 g/mol. The predicted octanol–water partition coefficient (Wildman–Crippen LogP) is 4.27. The number of hydrogen-bond donors (Lipinski definition) is 0. The van der Waals surface area contributed by atoms with Gasteiger partial charge in [-0.05, 0) is 29.7 Å². The van der Waals surface area contributed by atoms with Gasteiger partial charge in [0.15, 0.2) is 0 Å². The molecule has 0 saturated heterocycles. The van der Waals surface area contributed by atoms with E-state index in [0.29, 0.717) is 0 Å². The van der Waals surface area contributed by atoms with Crippen LogP contribution >= 0.6 is 0 Å². The van der Waals surface area contributed by atoms with Gasteiger partial charge >= 0.3 is 0 Å². The van der Waals surface area contributed by atoms with E-state index in [4.69, 9.17) is 0 Å². The summed E-state index contributed by atoms with van der Waals surface area (Å²) in [5.41, 5.74) is 4.64. The Hall–Kier alpha value is -2.61. The Kier molecular flexibility index (Phi) is 3.46. The van der Waals surface area contributed by atoms with Gasteiger partial charge in [0.25, 0.3) is 0 Å². The highest BCUT2D eigenvalue weighted by molar-refractivity contribution is 5.62. The summed E-state index contributed by atoms with van der Waals surface area (Å²) in [6, 6.07) is 18.7. The van der Waals surface area contributed by atoms with E-state index in [1.165, 1.54) is 11.1 Å². The normalized spacial score (nSPS) is 10.4. The largest absolute Gasteiger partial charge is 0.240 e. The Labute approximate surface area is 119 Å². The van der Waals surface area contributed by atoms with Crippen LogP contribution in [0.1, 0.15) is 5.56 Å². The van der Waals surface area contributed by atoms with E-state index in [9.17, 15) is 0 Å². The third-order valence-corrected chi connectivity index (χ3v) is 3.27. The molecule has 0 aliphatic rings. The topological polar surface area (TPSA) is 17.8 Å². The molecule has 0 aliphatic heterocycles. The van der Waals surface area contributed by atoms with Gasteiger partial charge in [-0.3, -0.25) is 0 Å². The van der Waals surface area contributed by atoms with Gasteiger partial charge in [0.1, 0.15) is 0 Å². The maximum atomic E-state index is 4.43. The van der Waals surface area contributed by atoms with E-state index >= 15 is 0 Å². The molecule has 2 aromatic carbocycles. The minimum absolute atomic E-state index is 0.897. The Morgan fingerprint density at radius 3 is 2.40 bits per heavy atom. The van der Waals surface area contributed by atoms with Gasteiger partial charge in [0.05, 0.1) is 11.9 Å². The molecule has 0 amide bonds. The quantitative estimate of drug-likeness (QED) is 0.641. The second-order valence-corrected chi connectivity index (χ2v) is 4.70. The monoisotopic (exact) mass is 260 g/mol. The van der Waals surface area contributed by atoms with Crippen LogP contribution in [0.2, 0.25) is 0 Å². The van der Waals surface area contributed by atoms with Crippen LogP contribution in [-0.2, 0) is 6.42 Å². The second-order valence-electron chi connectivity index (χ2n) is 4.70. The van der Waals surface area contributed by atoms with Gasteiger partial charge in [-0.15, -0.1) is 6.58 Å². The van der Waals surface area contributed by atoms with Crippen molar-refractivity contribution in [2.45, 2.75) is 6.42 Å². The SMILES string of the molecule is C=CCc1ccc(-n2cc(-c3ccccc3)cn2)cc1. The van der Waals surface area contributed by atoms with Crippen molar-refractivity contribution >= 4 is 0 Å². The average Bonchev–Trinajstić information content (AvgIpc) is 2.99. The summed E-state index contributed by atoms with van der Waals surface area (Å²) in [6.07, 6.45) is 6.76. The molecular weight excluding hydrogens is 244 g/mol. The molecule has 1 aromatic heterocycles. The number of rotatable bonds is 4. The van der Waals surface area contributed by atoms with E-state index in [1.54, 1.807) is 0 Å². The van der Waals surface area contributed by atoms with Crippen LogP contribution in [0.4, 0.5) is 0 Å². The van der Waals surface area contributed by atoms with Crippen molar-refractivity contribution in [3.63, 3.8) is 0 Å². The fourth-order valence-corrected chi connectivity index (χ4v) is 2.20. The second kappa shape index (κ2) is 5.57. The smallest absolute Gasteiger partial charge is 0.0646 e. The maximum absolute atomic E-state index is 4.43. The first-order valence-electron chi connectivity index (χ1n) is 6.67. The number of nitrogens with zero attached hydrogens (tertiary/aromatic N) is 2. The standard InChI is InChI=1S/C18H16N2/c1-2-6-15-9-11-18(12-10-15)20-14-17(13-19-20)16-7-4-3-5-8-16/h2-5,7-14H,1,6H2. The fraction of sp³-hybridized carbons (Fsp3) is 0.0556. The molecule has 98 valence electrons. The van der Waals surface area contributed by atoms with Crippen molar-refractivity contribution in [2.75, 3.05) is 0 Å². The maximum Gasteiger partial charge on any atom is 0.0646 e. The van der Waals surface area contributed by atoms with E-state index in [1.807, 2.05) is 35.2 Å². The van der Waals surface area contributed by atoms with E-state index in [0.717, 1.165) is 17.7 Å². The summed E-state index contributed by atoms with van der Waals surface area (Å²) in [6.45, 7) is 3.76. The number of aromatic nitrogens is 2. The number of hydrogen-bond acceptors (Lipinski definition) is 1. The Bertz CT molecular complexity index is 694. The molecule has 20 heavy (non-hydrogen) atoms. The van der Waals surface area contributed by atoms with Gasteiger partial charge < -0.3 is 0 Å². The Morgan fingerprint density at radius 1 is 0.950 bits per heavy atom. The van der Waals surface area contributed by atoms with Crippen molar-refractivity contribution in [3.05, 3.63) is 85.2 Å². The van der Waals surface area contributed by atoms with Crippen molar-refractivity contribution in [1.82, 2.24) is 9.78 Å². The Morgan fingerprint density at radius 2 is 1.70 bits per heavy atom. The number of allylic oxidation sites excluding steroid dienone is 1. The zero-order valence-electron chi connectivity index (χ0n) is 11.2. The highest BCUT2D eigenvalue weighted by atomic mass is 15.3. The molecule has 0 unspecified atom stereocenters. The lowest BCUT2D eigenvalue weighted by Crippen LogP contribution is -1.94. The van der Waals surface area contributed by atoms with Crippen LogP contribution in [0.5, 0.6) is 0 Å². The van der Waals surface area contributed by atoms with Crippen molar-refractivity contribution in [3.8, 4) is 16.8 Å².